The monoisotopic (exact) mass is 1530 g/mol. The molecule has 112 heavy (non-hydrogen) atoms. The highest BCUT2D eigenvalue weighted by Crippen LogP contribution is 2.42. The molecule has 4 atom stereocenters. The Morgan fingerprint density at radius 1 is 0.375 bits per heavy atom. The Morgan fingerprint density at radius 3 is 0.955 bits per heavy atom. The van der Waals surface area contributed by atoms with Crippen molar-refractivity contribution in [2.24, 2.45) is 5.92 Å². The van der Waals surface area contributed by atoms with E-state index in [0.29, 0.717) is 160 Å². The molecule has 0 amide bonds. The quantitative estimate of drug-likeness (QED) is 0.0710. The van der Waals surface area contributed by atoms with Crippen molar-refractivity contribution < 1.29 is 33.2 Å². The molecule has 4 unspecified atom stereocenters. The van der Waals surface area contributed by atoms with Crippen LogP contribution in [0.15, 0.2) is 50.1 Å². The third-order valence-corrected chi connectivity index (χ3v) is 20.4. The molecule has 12 aromatic rings. The first-order valence-electron chi connectivity index (χ1n) is 37.6. The molecule has 39 heteroatoms. The summed E-state index contributed by atoms with van der Waals surface area (Å²) in [6.45, 7) is 28.7. The minimum atomic E-state index is 0.0508. The van der Waals surface area contributed by atoms with Gasteiger partial charge in [0, 0.05) is 120 Å². The second-order valence-corrected chi connectivity index (χ2v) is 28.0. The average Bonchev–Trinajstić information content (AvgIpc) is 1.58. The van der Waals surface area contributed by atoms with Crippen LogP contribution in [-0.4, -0.2) is 258 Å². The molecule has 4 aliphatic heterocycles. The number of morpholine rings is 4. The summed E-state index contributed by atoms with van der Waals surface area (Å²) >= 11 is 0. The molecule has 1 saturated carbocycles. The standard InChI is InChI=1S/C19H24N8O.C18H24N8O3.C18H24N8O2.C18H24N8O/c1-11-14(9-21-18(20)23-11)15-16-17(27(10-22-16)12(2)13-3-4-13)25-19(24-15)26-5-7-28-8-6-26;1-11(9-27-2)26-10-21-14-13(12-8-20-17(19)24-16(12)28-3)22-18(23-15(14)26)25-4-6-29-7-5-25;1-11(9-27-3)26-10-21-15-14(13-8-20-17(19)22-12(13)2)23-18(24-16(15)26)25-4-6-28-7-5-25;1-4-11(2)26-10-21-15-14(13-9-20-17(19)22-12(13)3)23-18(24-16(15)26)25-5-7-27-8-6-25/h9-10,12-13H,3-8H2,1-2H3,(H2,20,21,23);8,10-11H,4-7,9H2,1-3H3,(H2,19,20,24);8,10-11H,4-7,9H2,1-3H3,(H2,19,20,22);9-11H,4-8H2,1-3H3,(H2,19,20,22). The lowest BCUT2D eigenvalue weighted by atomic mass is 10.1. The van der Waals surface area contributed by atoms with Gasteiger partial charge in [0.1, 0.15) is 44.8 Å². The van der Waals surface area contributed by atoms with Gasteiger partial charge < -0.3 is 94.0 Å². The number of aromatic nitrogens is 24. The van der Waals surface area contributed by atoms with Crippen molar-refractivity contribution in [3.63, 3.8) is 0 Å². The average molecular weight is 1530 g/mol. The molecule has 17 rings (SSSR count). The molecule has 1 aliphatic carbocycles. The van der Waals surface area contributed by atoms with Gasteiger partial charge in [0.15, 0.2) is 22.6 Å². The lowest BCUT2D eigenvalue weighted by molar-refractivity contribution is 0.122. The molecular weight excluding hydrogens is 1440 g/mol. The molecule has 590 valence electrons. The minimum Gasteiger partial charge on any atom is -0.480 e. The van der Waals surface area contributed by atoms with Gasteiger partial charge in [-0.25, -0.2) is 74.8 Å². The zero-order chi connectivity index (χ0) is 78.3. The maximum absolute atomic E-state index is 5.75. The molecular formula is C73H96N32O7. The van der Waals surface area contributed by atoms with Crippen LogP contribution < -0.4 is 47.3 Å². The summed E-state index contributed by atoms with van der Waals surface area (Å²) in [5, 5.41) is 0. The summed E-state index contributed by atoms with van der Waals surface area (Å²) in [6.07, 6.45) is 17.5. The third kappa shape index (κ3) is 16.6. The predicted molar refractivity (Wildman–Crippen MR) is 422 cm³/mol. The summed E-state index contributed by atoms with van der Waals surface area (Å²) in [4.78, 5) is 99.5. The first kappa shape index (κ1) is 77.2. The maximum Gasteiger partial charge on any atom is 0.228 e. The van der Waals surface area contributed by atoms with Gasteiger partial charge in [-0.05, 0) is 73.6 Å². The second kappa shape index (κ2) is 34.4. The number of imidazole rings is 4. The van der Waals surface area contributed by atoms with Crippen LogP contribution in [0.25, 0.3) is 89.7 Å². The number of nitrogens with two attached hydrogens (primary N) is 4. The van der Waals surface area contributed by atoms with Crippen molar-refractivity contribution >= 4 is 92.2 Å². The van der Waals surface area contributed by atoms with E-state index in [1.54, 1.807) is 51.7 Å². The van der Waals surface area contributed by atoms with Crippen LogP contribution in [0, 0.1) is 26.7 Å². The van der Waals surface area contributed by atoms with Crippen molar-refractivity contribution in [1.29, 1.82) is 0 Å². The van der Waals surface area contributed by atoms with E-state index in [0.717, 1.165) is 119 Å². The summed E-state index contributed by atoms with van der Waals surface area (Å²) in [6, 6.07) is 0.794. The Bertz CT molecular complexity index is 5260. The highest BCUT2D eigenvalue weighted by Gasteiger charge is 2.33. The normalized spacial score (nSPS) is 16.5. The lowest BCUT2D eigenvalue weighted by Crippen LogP contribution is -2.37. The molecule has 0 spiro atoms. The molecule has 5 fully saturated rings. The van der Waals surface area contributed by atoms with E-state index < -0.39 is 0 Å². The highest BCUT2D eigenvalue weighted by molar-refractivity contribution is 5.92. The summed E-state index contributed by atoms with van der Waals surface area (Å²) in [5.74, 6) is 4.54. The first-order valence-corrected chi connectivity index (χ1v) is 37.6. The molecule has 0 radical (unpaired) electrons. The first-order chi connectivity index (χ1) is 54.4. The molecule has 0 aromatic carbocycles. The molecule has 0 bridgehead atoms. The Labute approximate surface area is 645 Å². The van der Waals surface area contributed by atoms with E-state index in [4.69, 9.17) is 96.0 Å². The minimum absolute atomic E-state index is 0.0508. The molecule has 5 aliphatic rings. The van der Waals surface area contributed by atoms with Gasteiger partial charge in [-0.15, -0.1) is 0 Å². The number of rotatable bonds is 19. The molecule has 16 heterocycles. The Balaban J connectivity index is 0.000000124. The fourth-order valence-corrected chi connectivity index (χ4v) is 13.8. The molecule has 39 nitrogen and oxygen atoms in total. The number of hydrogen-bond acceptors (Lipinski definition) is 35. The smallest absolute Gasteiger partial charge is 0.228 e. The van der Waals surface area contributed by atoms with E-state index in [9.17, 15) is 0 Å². The highest BCUT2D eigenvalue weighted by atomic mass is 16.5. The number of nitrogens with zero attached hydrogens (tertiary/aromatic N) is 28. The number of anilines is 8. The van der Waals surface area contributed by atoms with Gasteiger partial charge in [-0.2, -0.15) is 24.9 Å². The van der Waals surface area contributed by atoms with Crippen LogP contribution in [0.4, 0.5) is 47.6 Å². The Kier molecular flexibility index (Phi) is 23.7. The number of aryl methyl sites for hydroxylation is 3. The van der Waals surface area contributed by atoms with E-state index >= 15 is 0 Å². The zero-order valence-corrected chi connectivity index (χ0v) is 65.0. The van der Waals surface area contributed by atoms with Gasteiger partial charge in [-0.1, -0.05) is 6.92 Å². The number of nitrogen functional groups attached to an aromatic ring is 4. The summed E-state index contributed by atoms with van der Waals surface area (Å²) in [7, 11) is 4.89. The van der Waals surface area contributed by atoms with Crippen molar-refractivity contribution in [2.75, 3.05) is 182 Å². The zero-order valence-electron chi connectivity index (χ0n) is 65.0. The van der Waals surface area contributed by atoms with Gasteiger partial charge in [-0.3, -0.25) is 0 Å². The fourth-order valence-electron chi connectivity index (χ4n) is 13.8. The number of hydrogen-bond donors (Lipinski definition) is 4. The SMILES string of the molecule is CCC(C)n1cnc2c(-c3cnc(N)nc3C)nc(N3CCOCC3)nc21.COCC(C)n1cnc2c(-c3cnc(N)nc3C)nc(N3CCOCC3)nc21.COCC(C)n1cnc2c(-c3cnc(N)nc3OC)nc(N3CCOCC3)nc21.Cc1nc(N)ncc1-c1nc(N2CCOCC2)nc2c1ncn2C(C)C1CC1. The largest absolute Gasteiger partial charge is 0.480 e. The van der Waals surface area contributed by atoms with Gasteiger partial charge in [0.2, 0.25) is 53.5 Å². The Morgan fingerprint density at radius 2 is 0.661 bits per heavy atom. The molecule has 12 aromatic heterocycles. The van der Waals surface area contributed by atoms with Crippen molar-refractivity contribution in [1.82, 2.24) is 118 Å². The number of fused-ring (bicyclic) bond motifs is 4. The van der Waals surface area contributed by atoms with Crippen molar-refractivity contribution in [2.45, 2.75) is 98.8 Å². The van der Waals surface area contributed by atoms with Crippen LogP contribution in [0.1, 0.15) is 95.1 Å². The lowest BCUT2D eigenvalue weighted by Gasteiger charge is -2.27. The maximum atomic E-state index is 5.75. The predicted octanol–water partition coefficient (Wildman–Crippen LogP) is 6.10. The van der Waals surface area contributed by atoms with Crippen LogP contribution in [0.2, 0.25) is 0 Å². The van der Waals surface area contributed by atoms with E-state index in [1.165, 1.54) is 20.0 Å². The third-order valence-electron chi connectivity index (χ3n) is 20.4. The fraction of sp³-hybridized carbons (Fsp3) is 0.507. The molecule has 4 saturated heterocycles. The van der Waals surface area contributed by atoms with Crippen LogP contribution in [0.5, 0.6) is 5.88 Å². The summed E-state index contributed by atoms with van der Waals surface area (Å²) in [5.41, 5.74) is 37.1. The van der Waals surface area contributed by atoms with Crippen LogP contribution >= 0.6 is 0 Å². The van der Waals surface area contributed by atoms with Crippen LogP contribution in [-0.2, 0) is 28.4 Å². The van der Waals surface area contributed by atoms with E-state index in [1.807, 2.05) is 49.5 Å². The Hall–Kier alpha value is -11.5. The number of ether oxygens (including phenoxy) is 7. The van der Waals surface area contributed by atoms with Crippen LogP contribution in [0.3, 0.4) is 0 Å². The van der Waals surface area contributed by atoms with E-state index in [2.05, 4.69) is 116 Å². The van der Waals surface area contributed by atoms with E-state index in [-0.39, 0.29) is 35.9 Å². The van der Waals surface area contributed by atoms with Gasteiger partial charge >= 0.3 is 0 Å². The second-order valence-electron chi connectivity index (χ2n) is 28.0. The van der Waals surface area contributed by atoms with Gasteiger partial charge in [0.05, 0.1) is 133 Å². The number of methoxy groups -OCH3 is 3. The summed E-state index contributed by atoms with van der Waals surface area (Å²) < 4.78 is 46.3. The topological polar surface area (TPSA) is 459 Å². The van der Waals surface area contributed by atoms with Crippen molar-refractivity contribution in [3.05, 3.63) is 67.2 Å². The molecule has 8 N–H and O–H groups in total. The van der Waals surface area contributed by atoms with Gasteiger partial charge in [0.25, 0.3) is 0 Å². The van der Waals surface area contributed by atoms with Crippen molar-refractivity contribution in [3.8, 4) is 50.9 Å².